The van der Waals surface area contributed by atoms with Crippen LogP contribution >= 0.6 is 0 Å². The molecule has 0 aliphatic carbocycles. The van der Waals surface area contributed by atoms with Gasteiger partial charge in [0.2, 0.25) is 5.91 Å². The molecule has 4 heteroatoms. The van der Waals surface area contributed by atoms with Crippen LogP contribution in [-0.2, 0) is 9.53 Å². The number of amides is 1. The van der Waals surface area contributed by atoms with E-state index in [-0.39, 0.29) is 5.91 Å². The van der Waals surface area contributed by atoms with Crippen molar-refractivity contribution in [3.63, 3.8) is 0 Å². The summed E-state index contributed by atoms with van der Waals surface area (Å²) in [6, 6.07) is 0. The van der Waals surface area contributed by atoms with Crippen molar-refractivity contribution >= 4 is 5.91 Å². The van der Waals surface area contributed by atoms with Crippen LogP contribution in [0.2, 0.25) is 0 Å². The Morgan fingerprint density at radius 2 is 2.36 bits per heavy atom. The Morgan fingerprint density at radius 1 is 1.64 bits per heavy atom. The minimum Gasteiger partial charge on any atom is -0.378 e. The molecule has 1 heterocycles. The van der Waals surface area contributed by atoms with Crippen LogP contribution in [0.1, 0.15) is 33.1 Å². The number of rotatable bonds is 4. The summed E-state index contributed by atoms with van der Waals surface area (Å²) in [5.41, 5.74) is 4.85. The Bertz CT molecular complexity index is 193. The van der Waals surface area contributed by atoms with E-state index >= 15 is 0 Å². The van der Waals surface area contributed by atoms with Crippen molar-refractivity contribution in [1.82, 2.24) is 5.32 Å². The van der Waals surface area contributed by atoms with Crippen molar-refractivity contribution in [3.05, 3.63) is 0 Å². The molecule has 1 unspecified atom stereocenters. The van der Waals surface area contributed by atoms with Gasteiger partial charge in [0.05, 0.1) is 11.6 Å². The number of nitrogens with two attached hydrogens (primary N) is 1. The van der Waals surface area contributed by atoms with Crippen LogP contribution in [0.15, 0.2) is 0 Å². The van der Waals surface area contributed by atoms with Crippen LogP contribution in [-0.4, -0.2) is 30.7 Å². The van der Waals surface area contributed by atoms with Crippen molar-refractivity contribution in [2.45, 2.75) is 44.8 Å². The van der Waals surface area contributed by atoms with Gasteiger partial charge in [-0.15, -0.1) is 0 Å². The highest BCUT2D eigenvalue weighted by Crippen LogP contribution is 2.14. The van der Waals surface area contributed by atoms with Gasteiger partial charge in [0.1, 0.15) is 0 Å². The molecule has 0 radical (unpaired) electrons. The molecule has 14 heavy (non-hydrogen) atoms. The third-order valence-corrected chi connectivity index (χ3v) is 2.36. The predicted octanol–water partition coefficient (Wildman–Crippen LogP) is 0.409. The van der Waals surface area contributed by atoms with Gasteiger partial charge in [0.15, 0.2) is 0 Å². The van der Waals surface area contributed by atoms with Gasteiger partial charge >= 0.3 is 0 Å². The summed E-state index contributed by atoms with van der Waals surface area (Å²) in [6.07, 6.45) is 3.47. The lowest BCUT2D eigenvalue weighted by atomic mass is 10.1. The van der Waals surface area contributed by atoms with Crippen molar-refractivity contribution in [2.24, 2.45) is 5.73 Å². The average molecular weight is 200 g/mol. The van der Waals surface area contributed by atoms with Gasteiger partial charge in [-0.1, -0.05) is 0 Å². The van der Waals surface area contributed by atoms with E-state index in [2.05, 4.69) is 5.32 Å². The number of nitrogens with one attached hydrogen (secondary N) is 1. The van der Waals surface area contributed by atoms with Gasteiger partial charge in [-0.05, 0) is 33.1 Å². The molecule has 1 aliphatic heterocycles. The molecule has 0 aromatic rings. The summed E-state index contributed by atoms with van der Waals surface area (Å²) in [4.78, 5) is 11.4. The lowest BCUT2D eigenvalue weighted by Crippen LogP contribution is -2.49. The summed E-state index contributed by atoms with van der Waals surface area (Å²) in [5, 5.41) is 2.81. The standard InChI is InChI=1S/C10H20N2O2/c1-10(2,11)9(13)12-6-5-8-4-3-7-14-8/h8H,3-7,11H2,1-2H3,(H,12,13). The van der Waals surface area contributed by atoms with E-state index in [1.54, 1.807) is 13.8 Å². The third kappa shape index (κ3) is 3.64. The Balaban J connectivity index is 2.11. The SMILES string of the molecule is CC(C)(N)C(=O)NCCC1CCCO1. The van der Waals surface area contributed by atoms with Crippen LogP contribution in [0.25, 0.3) is 0 Å². The van der Waals surface area contributed by atoms with Gasteiger partial charge in [-0.3, -0.25) is 4.79 Å². The number of ether oxygens (including phenoxy) is 1. The van der Waals surface area contributed by atoms with Gasteiger partial charge in [-0.2, -0.15) is 0 Å². The summed E-state index contributed by atoms with van der Waals surface area (Å²) in [6.45, 7) is 4.92. The highest BCUT2D eigenvalue weighted by atomic mass is 16.5. The second kappa shape index (κ2) is 4.75. The topological polar surface area (TPSA) is 64.4 Å². The van der Waals surface area contributed by atoms with Crippen molar-refractivity contribution in [1.29, 1.82) is 0 Å². The van der Waals surface area contributed by atoms with E-state index in [0.29, 0.717) is 12.6 Å². The maximum absolute atomic E-state index is 11.4. The molecule has 0 bridgehead atoms. The number of hydrogen-bond donors (Lipinski definition) is 2. The maximum atomic E-state index is 11.4. The smallest absolute Gasteiger partial charge is 0.239 e. The first kappa shape index (κ1) is 11.5. The molecule has 1 fully saturated rings. The fourth-order valence-electron chi connectivity index (χ4n) is 1.45. The summed E-state index contributed by atoms with van der Waals surface area (Å²) in [7, 11) is 0. The molecule has 1 amide bonds. The molecule has 0 spiro atoms. The van der Waals surface area contributed by atoms with Crippen LogP contribution in [0.3, 0.4) is 0 Å². The number of hydrogen-bond acceptors (Lipinski definition) is 3. The predicted molar refractivity (Wildman–Crippen MR) is 54.9 cm³/mol. The Kier molecular flexibility index (Phi) is 3.89. The normalized spacial score (nSPS) is 22.4. The Hall–Kier alpha value is -0.610. The van der Waals surface area contributed by atoms with Crippen LogP contribution in [0, 0.1) is 0 Å². The molecule has 0 aromatic heterocycles. The second-order valence-electron chi connectivity index (χ2n) is 4.40. The first-order chi connectivity index (χ1) is 6.50. The Morgan fingerprint density at radius 3 is 2.86 bits per heavy atom. The van der Waals surface area contributed by atoms with Gasteiger partial charge in [-0.25, -0.2) is 0 Å². The zero-order chi connectivity index (χ0) is 10.6. The van der Waals surface area contributed by atoms with Gasteiger partial charge in [0, 0.05) is 13.2 Å². The Labute approximate surface area is 85.2 Å². The molecule has 4 nitrogen and oxygen atoms in total. The number of carbonyl (C=O) groups excluding carboxylic acids is 1. The lowest BCUT2D eigenvalue weighted by molar-refractivity contribution is -0.125. The van der Waals surface area contributed by atoms with E-state index in [0.717, 1.165) is 25.9 Å². The van der Waals surface area contributed by atoms with E-state index in [1.165, 1.54) is 0 Å². The minimum atomic E-state index is -0.781. The summed E-state index contributed by atoms with van der Waals surface area (Å²) < 4.78 is 5.44. The largest absolute Gasteiger partial charge is 0.378 e. The third-order valence-electron chi connectivity index (χ3n) is 2.36. The quantitative estimate of drug-likeness (QED) is 0.691. The average Bonchev–Trinajstić information content (AvgIpc) is 2.55. The summed E-state index contributed by atoms with van der Waals surface area (Å²) in [5.74, 6) is -0.101. The van der Waals surface area contributed by atoms with Crippen molar-refractivity contribution in [2.75, 3.05) is 13.2 Å². The van der Waals surface area contributed by atoms with E-state index in [9.17, 15) is 4.79 Å². The fourth-order valence-corrected chi connectivity index (χ4v) is 1.45. The van der Waals surface area contributed by atoms with Crippen molar-refractivity contribution < 1.29 is 9.53 Å². The number of carbonyl (C=O) groups is 1. The molecule has 1 atom stereocenters. The first-order valence-corrected chi connectivity index (χ1v) is 5.19. The molecule has 1 saturated heterocycles. The molecule has 0 saturated carbocycles. The van der Waals surface area contributed by atoms with Crippen LogP contribution < -0.4 is 11.1 Å². The molecule has 82 valence electrons. The molecule has 0 aromatic carbocycles. The van der Waals surface area contributed by atoms with E-state index in [1.807, 2.05) is 0 Å². The van der Waals surface area contributed by atoms with Crippen LogP contribution in [0.4, 0.5) is 0 Å². The van der Waals surface area contributed by atoms with E-state index in [4.69, 9.17) is 10.5 Å². The highest BCUT2D eigenvalue weighted by Gasteiger charge is 2.22. The van der Waals surface area contributed by atoms with Crippen molar-refractivity contribution in [3.8, 4) is 0 Å². The molecule has 1 aliphatic rings. The molecule has 3 N–H and O–H groups in total. The monoisotopic (exact) mass is 200 g/mol. The second-order valence-corrected chi connectivity index (χ2v) is 4.40. The highest BCUT2D eigenvalue weighted by molar-refractivity contribution is 5.84. The summed E-state index contributed by atoms with van der Waals surface area (Å²) >= 11 is 0. The molecular formula is C10H20N2O2. The molecular weight excluding hydrogens is 180 g/mol. The minimum absolute atomic E-state index is 0.101. The van der Waals surface area contributed by atoms with Crippen LogP contribution in [0.5, 0.6) is 0 Å². The lowest BCUT2D eigenvalue weighted by Gasteiger charge is -2.18. The zero-order valence-corrected chi connectivity index (χ0v) is 9.01. The van der Waals surface area contributed by atoms with E-state index < -0.39 is 5.54 Å². The zero-order valence-electron chi connectivity index (χ0n) is 9.01. The van der Waals surface area contributed by atoms with Gasteiger partial charge < -0.3 is 15.8 Å². The maximum Gasteiger partial charge on any atom is 0.239 e. The first-order valence-electron chi connectivity index (χ1n) is 5.19. The molecule has 1 rings (SSSR count). The fraction of sp³-hybridized carbons (Fsp3) is 0.900. The van der Waals surface area contributed by atoms with Gasteiger partial charge in [0.25, 0.3) is 0 Å².